The normalized spacial score (nSPS) is 19.1. The van der Waals surface area contributed by atoms with Crippen LogP contribution in [0.5, 0.6) is 0 Å². The molecule has 1 unspecified atom stereocenters. The van der Waals surface area contributed by atoms with Crippen LogP contribution in [0.25, 0.3) is 0 Å². The van der Waals surface area contributed by atoms with Crippen molar-refractivity contribution < 1.29 is 9.59 Å². The minimum absolute atomic E-state index is 0.0410. The smallest absolute Gasteiger partial charge is 0.253 e. The zero-order valence-corrected chi connectivity index (χ0v) is 13.3. The van der Waals surface area contributed by atoms with Gasteiger partial charge in [0.15, 0.2) is 5.78 Å². The summed E-state index contributed by atoms with van der Waals surface area (Å²) in [5.74, 6) is 0.393. The summed E-state index contributed by atoms with van der Waals surface area (Å²) in [4.78, 5) is 26.2. The molecule has 110 valence electrons. The largest absolute Gasteiger partial charge is 0.397 e. The van der Waals surface area contributed by atoms with Gasteiger partial charge in [0.1, 0.15) is 5.00 Å². The highest BCUT2D eigenvalue weighted by molar-refractivity contribution is 8.00. The maximum atomic E-state index is 11.9. The summed E-state index contributed by atoms with van der Waals surface area (Å²) in [6.45, 7) is 5.61. The van der Waals surface area contributed by atoms with Gasteiger partial charge in [-0.15, -0.1) is 11.3 Å². The molecular formula is C13H19N3O2S2. The Morgan fingerprint density at radius 3 is 2.70 bits per heavy atom. The van der Waals surface area contributed by atoms with Gasteiger partial charge >= 0.3 is 0 Å². The fourth-order valence-electron chi connectivity index (χ4n) is 2.26. The summed E-state index contributed by atoms with van der Waals surface area (Å²) in [6.07, 6.45) is 0.370. The summed E-state index contributed by atoms with van der Waals surface area (Å²) < 4.78 is 0. The lowest BCUT2D eigenvalue weighted by Crippen LogP contribution is -2.37. The first-order valence-electron chi connectivity index (χ1n) is 6.57. The number of thiophene rings is 1. The van der Waals surface area contributed by atoms with E-state index in [1.807, 2.05) is 11.8 Å². The third-order valence-electron chi connectivity index (χ3n) is 3.28. The van der Waals surface area contributed by atoms with Crippen molar-refractivity contribution in [1.82, 2.24) is 0 Å². The molecule has 2 heterocycles. The Bertz CT molecular complexity index is 542. The second kappa shape index (κ2) is 6.05. The van der Waals surface area contributed by atoms with Crippen molar-refractivity contribution in [2.24, 2.45) is 5.73 Å². The Kier molecular flexibility index (Phi) is 4.59. The fourth-order valence-corrected chi connectivity index (χ4v) is 4.55. The third kappa shape index (κ3) is 2.78. The van der Waals surface area contributed by atoms with Crippen molar-refractivity contribution in [1.29, 1.82) is 0 Å². The molecule has 1 aromatic heterocycles. The highest BCUT2D eigenvalue weighted by atomic mass is 32.2. The molecule has 5 nitrogen and oxygen atoms in total. The quantitative estimate of drug-likeness (QED) is 0.829. The third-order valence-corrected chi connectivity index (χ3v) is 5.72. The lowest BCUT2D eigenvalue weighted by atomic mass is 10.1. The number of nitrogens with two attached hydrogens (primary N) is 2. The summed E-state index contributed by atoms with van der Waals surface area (Å²) in [6, 6.07) is 0. The van der Waals surface area contributed by atoms with Crippen LogP contribution < -0.4 is 16.4 Å². The van der Waals surface area contributed by atoms with Gasteiger partial charge in [-0.1, -0.05) is 13.8 Å². The van der Waals surface area contributed by atoms with E-state index in [4.69, 9.17) is 11.5 Å². The molecule has 1 atom stereocenters. The molecule has 1 fully saturated rings. The first-order valence-corrected chi connectivity index (χ1v) is 8.44. The summed E-state index contributed by atoms with van der Waals surface area (Å²) in [7, 11) is 0. The molecule has 0 bridgehead atoms. The molecule has 7 heteroatoms. The number of nitrogen functional groups attached to an aromatic ring is 1. The van der Waals surface area contributed by atoms with Gasteiger partial charge in [-0.05, 0) is 0 Å². The number of hydrogen-bond acceptors (Lipinski definition) is 6. The van der Waals surface area contributed by atoms with Gasteiger partial charge in [0, 0.05) is 30.5 Å². The van der Waals surface area contributed by atoms with Crippen molar-refractivity contribution >= 4 is 45.5 Å². The van der Waals surface area contributed by atoms with E-state index in [9.17, 15) is 9.59 Å². The standard InChI is InChI=1S/C13H19N3O2S2/c1-3-8(17)11-10(14)9(12(15)18)13(20-11)16-4-5-19-7(2)6-16/h7H,3-6,14H2,1-2H3,(H2,15,18). The predicted octanol–water partition coefficient (Wildman–Crippen LogP) is 1.96. The van der Waals surface area contributed by atoms with Crippen molar-refractivity contribution in [3.8, 4) is 0 Å². The number of carbonyl (C=O) groups excluding carboxylic acids is 2. The Morgan fingerprint density at radius 1 is 1.45 bits per heavy atom. The SMILES string of the molecule is CCC(=O)c1sc(N2CCSC(C)C2)c(C(N)=O)c1N. The fraction of sp³-hybridized carbons (Fsp3) is 0.538. The molecular weight excluding hydrogens is 294 g/mol. The number of rotatable bonds is 4. The van der Waals surface area contributed by atoms with Crippen molar-refractivity contribution in [2.75, 3.05) is 29.5 Å². The molecule has 2 rings (SSSR count). The second-order valence-electron chi connectivity index (χ2n) is 4.79. The van der Waals surface area contributed by atoms with Crippen LogP contribution in [0, 0.1) is 0 Å². The van der Waals surface area contributed by atoms with Crippen LogP contribution in [0.1, 0.15) is 40.3 Å². The van der Waals surface area contributed by atoms with Crippen LogP contribution in [-0.2, 0) is 0 Å². The predicted molar refractivity (Wildman–Crippen MR) is 86.0 cm³/mol. The number of Topliss-reactive ketones (excluding diaryl/α,β-unsaturated/α-hetero) is 1. The molecule has 0 spiro atoms. The van der Waals surface area contributed by atoms with Crippen molar-refractivity contribution in [3.63, 3.8) is 0 Å². The Labute approximate surface area is 126 Å². The van der Waals surface area contributed by atoms with E-state index in [1.54, 1.807) is 6.92 Å². The number of carbonyl (C=O) groups is 2. The molecule has 0 aromatic carbocycles. The molecule has 1 saturated heterocycles. The van der Waals surface area contributed by atoms with Gasteiger partial charge in [0.05, 0.1) is 16.1 Å². The number of thioether (sulfide) groups is 1. The van der Waals surface area contributed by atoms with Crippen LogP contribution in [0.15, 0.2) is 0 Å². The van der Waals surface area contributed by atoms with Crippen molar-refractivity contribution in [2.45, 2.75) is 25.5 Å². The van der Waals surface area contributed by atoms with Gasteiger partial charge in [-0.2, -0.15) is 11.8 Å². The first-order chi connectivity index (χ1) is 9.45. The molecule has 1 aliphatic heterocycles. The molecule has 0 aliphatic carbocycles. The van der Waals surface area contributed by atoms with E-state index in [2.05, 4.69) is 11.8 Å². The number of anilines is 2. The van der Waals surface area contributed by atoms with Crippen LogP contribution >= 0.6 is 23.1 Å². The number of hydrogen-bond donors (Lipinski definition) is 2. The van der Waals surface area contributed by atoms with E-state index in [-0.39, 0.29) is 11.5 Å². The molecule has 1 aliphatic rings. The summed E-state index contributed by atoms with van der Waals surface area (Å²) >= 11 is 3.20. The van der Waals surface area contributed by atoms with Crippen LogP contribution in [0.2, 0.25) is 0 Å². The zero-order chi connectivity index (χ0) is 14.9. The zero-order valence-electron chi connectivity index (χ0n) is 11.6. The van der Waals surface area contributed by atoms with E-state index in [1.165, 1.54) is 11.3 Å². The van der Waals surface area contributed by atoms with Crippen molar-refractivity contribution in [3.05, 3.63) is 10.4 Å². The lowest BCUT2D eigenvalue weighted by molar-refractivity contribution is 0.0991. The molecule has 1 aromatic rings. The highest BCUT2D eigenvalue weighted by Crippen LogP contribution is 2.40. The number of nitrogens with zero attached hydrogens (tertiary/aromatic N) is 1. The summed E-state index contributed by atoms with van der Waals surface area (Å²) in [5.41, 5.74) is 12.0. The van der Waals surface area contributed by atoms with Crippen LogP contribution in [-0.4, -0.2) is 35.8 Å². The first kappa shape index (κ1) is 15.2. The van der Waals surface area contributed by atoms with Gasteiger partial charge in [0.2, 0.25) is 0 Å². The van der Waals surface area contributed by atoms with Gasteiger partial charge in [0.25, 0.3) is 5.91 Å². The molecule has 20 heavy (non-hydrogen) atoms. The minimum atomic E-state index is -0.560. The average molecular weight is 313 g/mol. The molecule has 0 radical (unpaired) electrons. The topological polar surface area (TPSA) is 89.4 Å². The van der Waals surface area contributed by atoms with Crippen LogP contribution in [0.4, 0.5) is 10.7 Å². The van der Waals surface area contributed by atoms with Gasteiger partial charge in [-0.25, -0.2) is 0 Å². The average Bonchev–Trinajstić information content (AvgIpc) is 2.75. The van der Waals surface area contributed by atoms with Gasteiger partial charge < -0.3 is 16.4 Å². The molecule has 0 saturated carbocycles. The Hall–Kier alpha value is -1.21. The second-order valence-corrected chi connectivity index (χ2v) is 7.34. The summed E-state index contributed by atoms with van der Waals surface area (Å²) in [5, 5.41) is 1.23. The van der Waals surface area contributed by atoms with Crippen LogP contribution in [0.3, 0.4) is 0 Å². The molecule has 4 N–H and O–H groups in total. The van der Waals surface area contributed by atoms with E-state index < -0.39 is 5.91 Å². The maximum absolute atomic E-state index is 11.9. The number of amides is 1. The Morgan fingerprint density at radius 2 is 2.15 bits per heavy atom. The maximum Gasteiger partial charge on any atom is 0.253 e. The monoisotopic (exact) mass is 313 g/mol. The van der Waals surface area contributed by atoms with E-state index >= 15 is 0 Å². The molecule has 1 amide bonds. The number of ketones is 1. The number of primary amides is 1. The highest BCUT2D eigenvalue weighted by Gasteiger charge is 2.28. The van der Waals surface area contributed by atoms with E-state index in [0.29, 0.717) is 22.1 Å². The minimum Gasteiger partial charge on any atom is -0.397 e. The Balaban J connectivity index is 2.45. The van der Waals surface area contributed by atoms with Gasteiger partial charge in [-0.3, -0.25) is 9.59 Å². The van der Waals surface area contributed by atoms with E-state index in [0.717, 1.165) is 23.8 Å². The lowest BCUT2D eigenvalue weighted by Gasteiger charge is -2.31.